The molecule has 0 aliphatic heterocycles. The Kier molecular flexibility index (Phi) is 3.28. The van der Waals surface area contributed by atoms with Crippen LogP contribution in [0.2, 0.25) is 0 Å². The van der Waals surface area contributed by atoms with Crippen molar-refractivity contribution in [3.8, 4) is 6.07 Å². The summed E-state index contributed by atoms with van der Waals surface area (Å²) in [4.78, 5) is 11.6. The largest absolute Gasteiger partial charge is 0.354 e. The zero-order chi connectivity index (χ0) is 13.2. The van der Waals surface area contributed by atoms with E-state index in [-0.39, 0.29) is 12.5 Å². The summed E-state index contributed by atoms with van der Waals surface area (Å²) < 4.78 is 25.8. The number of carbonyl (C=O) groups excluding carboxylic acids is 1. The lowest BCUT2D eigenvalue weighted by atomic mass is 10.1. The molecule has 0 heterocycles. The fourth-order valence-electron chi connectivity index (χ4n) is 1.76. The van der Waals surface area contributed by atoms with E-state index in [4.69, 9.17) is 5.26 Å². The molecule has 0 spiro atoms. The van der Waals surface area contributed by atoms with E-state index < -0.39 is 17.0 Å². The van der Waals surface area contributed by atoms with Crippen LogP contribution in [0.25, 0.3) is 0 Å². The Morgan fingerprint density at radius 3 is 2.44 bits per heavy atom. The molecular weight excluding hydrogens is 238 g/mol. The number of halogens is 2. The third kappa shape index (κ3) is 2.65. The van der Waals surface area contributed by atoms with E-state index in [0.717, 1.165) is 6.07 Å². The van der Waals surface area contributed by atoms with Gasteiger partial charge in [0.1, 0.15) is 17.0 Å². The Morgan fingerprint density at radius 2 is 1.94 bits per heavy atom. The summed E-state index contributed by atoms with van der Waals surface area (Å²) in [6, 6.07) is 5.25. The Balaban J connectivity index is 1.86. The van der Waals surface area contributed by atoms with Gasteiger partial charge in [-0.3, -0.25) is 4.79 Å². The summed E-state index contributed by atoms with van der Waals surface area (Å²) in [5.74, 6) is -1.55. The second kappa shape index (κ2) is 4.73. The molecule has 18 heavy (non-hydrogen) atoms. The van der Waals surface area contributed by atoms with Crippen LogP contribution in [0.1, 0.15) is 18.4 Å². The fraction of sp³-hybridized carbons (Fsp3) is 0.385. The van der Waals surface area contributed by atoms with Crippen molar-refractivity contribution in [3.63, 3.8) is 0 Å². The van der Waals surface area contributed by atoms with Crippen molar-refractivity contribution in [3.05, 3.63) is 35.4 Å². The minimum Gasteiger partial charge on any atom is -0.354 e. The van der Waals surface area contributed by atoms with Crippen molar-refractivity contribution in [1.29, 1.82) is 5.26 Å². The molecule has 1 fully saturated rings. The average Bonchev–Trinajstić information content (AvgIpc) is 3.08. The minimum atomic E-state index is -0.854. The summed E-state index contributed by atoms with van der Waals surface area (Å²) in [6.45, 7) is 0.269. The summed E-state index contributed by atoms with van der Waals surface area (Å²) >= 11 is 0. The third-order valence-electron chi connectivity index (χ3n) is 3.02. The van der Waals surface area contributed by atoms with Gasteiger partial charge < -0.3 is 5.32 Å². The first kappa shape index (κ1) is 12.5. The Labute approximate surface area is 103 Å². The van der Waals surface area contributed by atoms with Crippen LogP contribution >= 0.6 is 0 Å². The highest BCUT2D eigenvalue weighted by molar-refractivity contribution is 5.88. The standard InChI is InChI=1S/C13H12F2N2O/c14-10-5-9(6-11(15)7-10)1-4-17-12(18)13(8-16)2-3-13/h5-7H,1-4H2,(H,17,18). The first-order valence-electron chi connectivity index (χ1n) is 5.70. The SMILES string of the molecule is N#CC1(C(=O)NCCc2cc(F)cc(F)c2)CC1. The molecule has 1 amide bonds. The molecule has 1 aliphatic carbocycles. The number of nitriles is 1. The lowest BCUT2D eigenvalue weighted by Crippen LogP contribution is -2.32. The van der Waals surface area contributed by atoms with Gasteiger partial charge in [0.25, 0.3) is 0 Å². The molecule has 1 saturated carbocycles. The van der Waals surface area contributed by atoms with E-state index >= 15 is 0 Å². The molecule has 5 heteroatoms. The summed E-state index contributed by atoms with van der Waals surface area (Å²) in [6.07, 6.45) is 1.51. The maximum absolute atomic E-state index is 12.9. The van der Waals surface area contributed by atoms with Crippen LogP contribution in [0.15, 0.2) is 18.2 Å². The normalized spacial score (nSPS) is 15.8. The number of hydrogen-bond donors (Lipinski definition) is 1. The van der Waals surface area contributed by atoms with Crippen molar-refractivity contribution in [1.82, 2.24) is 5.32 Å². The summed E-state index contributed by atoms with van der Waals surface area (Å²) in [7, 11) is 0. The highest BCUT2D eigenvalue weighted by Crippen LogP contribution is 2.44. The molecule has 0 aromatic heterocycles. The highest BCUT2D eigenvalue weighted by Gasteiger charge is 2.50. The maximum atomic E-state index is 12.9. The molecule has 94 valence electrons. The van der Waals surface area contributed by atoms with Gasteiger partial charge in [-0.2, -0.15) is 5.26 Å². The van der Waals surface area contributed by atoms with Crippen LogP contribution in [-0.4, -0.2) is 12.5 Å². The van der Waals surface area contributed by atoms with Crippen LogP contribution in [0.3, 0.4) is 0 Å². The van der Waals surface area contributed by atoms with Gasteiger partial charge in [-0.05, 0) is 37.0 Å². The van der Waals surface area contributed by atoms with E-state index in [1.807, 2.05) is 6.07 Å². The van der Waals surface area contributed by atoms with Gasteiger partial charge in [-0.1, -0.05) is 0 Å². The predicted octanol–water partition coefficient (Wildman–Crippen LogP) is 1.93. The smallest absolute Gasteiger partial charge is 0.240 e. The zero-order valence-corrected chi connectivity index (χ0v) is 9.67. The van der Waals surface area contributed by atoms with E-state index in [1.54, 1.807) is 0 Å². The maximum Gasteiger partial charge on any atom is 0.240 e. The van der Waals surface area contributed by atoms with E-state index in [0.29, 0.717) is 24.8 Å². The van der Waals surface area contributed by atoms with Crippen LogP contribution in [0.4, 0.5) is 8.78 Å². The molecule has 1 aromatic carbocycles. The molecule has 0 atom stereocenters. The molecule has 3 nitrogen and oxygen atoms in total. The lowest BCUT2D eigenvalue weighted by molar-refractivity contribution is -0.124. The number of carbonyl (C=O) groups is 1. The third-order valence-corrected chi connectivity index (χ3v) is 3.02. The van der Waals surface area contributed by atoms with E-state index in [1.165, 1.54) is 12.1 Å². The van der Waals surface area contributed by atoms with Gasteiger partial charge in [0.05, 0.1) is 6.07 Å². The Bertz CT molecular complexity index is 498. The Hall–Kier alpha value is -1.96. The average molecular weight is 250 g/mol. The van der Waals surface area contributed by atoms with Crippen molar-refractivity contribution in [2.75, 3.05) is 6.54 Å². The first-order valence-corrected chi connectivity index (χ1v) is 5.70. The van der Waals surface area contributed by atoms with Gasteiger partial charge >= 0.3 is 0 Å². The van der Waals surface area contributed by atoms with Crippen LogP contribution in [0, 0.1) is 28.4 Å². The van der Waals surface area contributed by atoms with Crippen LogP contribution in [0.5, 0.6) is 0 Å². The van der Waals surface area contributed by atoms with Gasteiger partial charge in [-0.25, -0.2) is 8.78 Å². The predicted molar refractivity (Wildman–Crippen MR) is 60.4 cm³/mol. The van der Waals surface area contributed by atoms with E-state index in [2.05, 4.69) is 5.32 Å². The minimum absolute atomic E-state index is 0.269. The molecule has 0 unspecified atom stereocenters. The molecule has 1 aliphatic rings. The molecule has 0 saturated heterocycles. The van der Waals surface area contributed by atoms with Gasteiger partial charge in [0.15, 0.2) is 0 Å². The Morgan fingerprint density at radius 1 is 1.33 bits per heavy atom. The molecule has 1 N–H and O–H groups in total. The number of benzene rings is 1. The summed E-state index contributed by atoms with van der Waals surface area (Å²) in [5.41, 5.74) is -0.373. The summed E-state index contributed by atoms with van der Waals surface area (Å²) in [5, 5.41) is 11.4. The van der Waals surface area contributed by atoms with Crippen LogP contribution < -0.4 is 5.32 Å². The fourth-order valence-corrected chi connectivity index (χ4v) is 1.76. The molecular formula is C13H12F2N2O. The number of rotatable bonds is 4. The van der Waals surface area contributed by atoms with Crippen molar-refractivity contribution >= 4 is 5.91 Å². The second-order valence-electron chi connectivity index (χ2n) is 4.48. The highest BCUT2D eigenvalue weighted by atomic mass is 19.1. The van der Waals surface area contributed by atoms with Crippen molar-refractivity contribution in [2.24, 2.45) is 5.41 Å². The zero-order valence-electron chi connectivity index (χ0n) is 9.67. The molecule has 0 radical (unpaired) electrons. The number of hydrogen-bond acceptors (Lipinski definition) is 2. The number of amides is 1. The molecule has 1 aromatic rings. The monoisotopic (exact) mass is 250 g/mol. The van der Waals surface area contributed by atoms with Gasteiger partial charge in [-0.15, -0.1) is 0 Å². The molecule has 0 bridgehead atoms. The van der Waals surface area contributed by atoms with E-state index in [9.17, 15) is 13.6 Å². The number of nitrogens with one attached hydrogen (secondary N) is 1. The van der Waals surface area contributed by atoms with Crippen molar-refractivity contribution in [2.45, 2.75) is 19.3 Å². The first-order chi connectivity index (χ1) is 8.55. The van der Waals surface area contributed by atoms with Crippen LogP contribution in [-0.2, 0) is 11.2 Å². The van der Waals surface area contributed by atoms with Crippen molar-refractivity contribution < 1.29 is 13.6 Å². The second-order valence-corrected chi connectivity index (χ2v) is 4.48. The number of nitrogens with zero attached hydrogens (tertiary/aromatic N) is 1. The molecule has 2 rings (SSSR count). The topological polar surface area (TPSA) is 52.9 Å². The van der Waals surface area contributed by atoms with Gasteiger partial charge in [0, 0.05) is 12.6 Å². The van der Waals surface area contributed by atoms with Gasteiger partial charge in [0.2, 0.25) is 5.91 Å². The lowest BCUT2D eigenvalue weighted by Gasteiger charge is -2.08. The quantitative estimate of drug-likeness (QED) is 0.887.